The predicted octanol–water partition coefficient (Wildman–Crippen LogP) is 2.41. The van der Waals surface area contributed by atoms with Crippen LogP contribution in [0.5, 0.6) is 0 Å². The second-order valence-corrected chi connectivity index (χ2v) is 4.93. The van der Waals surface area contributed by atoms with Crippen molar-refractivity contribution in [3.63, 3.8) is 0 Å². The molecule has 0 spiro atoms. The molecule has 104 valence electrons. The lowest BCUT2D eigenvalue weighted by atomic mass is 10.1. The number of aryl methyl sites for hydroxylation is 1. The molecule has 1 atom stereocenters. The Balaban J connectivity index is 1.91. The Hall–Kier alpha value is -2.16. The first-order chi connectivity index (χ1) is 9.69. The summed E-state index contributed by atoms with van der Waals surface area (Å²) in [7, 11) is 0. The zero-order chi connectivity index (χ0) is 14.4. The lowest BCUT2D eigenvalue weighted by Crippen LogP contribution is -2.43. The summed E-state index contributed by atoms with van der Waals surface area (Å²) in [6.45, 7) is 4.47. The zero-order valence-corrected chi connectivity index (χ0v) is 12.0. The number of rotatable bonds is 5. The van der Waals surface area contributed by atoms with Crippen molar-refractivity contribution >= 4 is 5.91 Å². The molecule has 0 unspecified atom stereocenters. The average molecular weight is 269 g/mol. The third kappa shape index (κ3) is 3.92. The summed E-state index contributed by atoms with van der Waals surface area (Å²) >= 11 is 0. The standard InChI is InChI=1S/C17H20N2O/c1-3-15-9-11-19(12-10-15)13-17(20)18-14(2)16-7-5-4-6-8-16/h4-12,14H,3,13H2,1-2H3/p+1/t14-/m0/s1. The van der Waals surface area contributed by atoms with Crippen LogP contribution in [-0.4, -0.2) is 5.91 Å². The lowest BCUT2D eigenvalue weighted by Gasteiger charge is -2.12. The number of amides is 1. The molecule has 20 heavy (non-hydrogen) atoms. The van der Waals surface area contributed by atoms with Crippen LogP contribution < -0.4 is 9.88 Å². The number of carbonyl (C=O) groups is 1. The van der Waals surface area contributed by atoms with E-state index in [1.807, 2.05) is 66.3 Å². The largest absolute Gasteiger partial charge is 0.344 e. The van der Waals surface area contributed by atoms with E-state index in [0.29, 0.717) is 6.54 Å². The zero-order valence-electron chi connectivity index (χ0n) is 12.0. The Labute approximate surface area is 120 Å². The fraction of sp³-hybridized carbons (Fsp3) is 0.294. The van der Waals surface area contributed by atoms with Crippen molar-refractivity contribution in [2.45, 2.75) is 32.9 Å². The number of aromatic nitrogens is 1. The number of nitrogens with one attached hydrogen (secondary N) is 1. The molecule has 2 aromatic rings. The molecule has 0 saturated carbocycles. The summed E-state index contributed by atoms with van der Waals surface area (Å²) in [6, 6.07) is 14.1. The second-order valence-electron chi connectivity index (χ2n) is 4.93. The molecule has 0 aliphatic heterocycles. The molecule has 3 heteroatoms. The van der Waals surface area contributed by atoms with Crippen molar-refractivity contribution in [1.29, 1.82) is 0 Å². The number of hydrogen-bond acceptors (Lipinski definition) is 1. The van der Waals surface area contributed by atoms with Crippen LogP contribution in [0.3, 0.4) is 0 Å². The minimum absolute atomic E-state index is 0.0237. The van der Waals surface area contributed by atoms with Crippen LogP contribution in [0.1, 0.15) is 31.0 Å². The summed E-state index contributed by atoms with van der Waals surface area (Å²) < 4.78 is 1.90. The Kier molecular flexibility index (Phi) is 4.88. The average Bonchev–Trinajstić information content (AvgIpc) is 2.49. The molecule has 1 aromatic carbocycles. The van der Waals surface area contributed by atoms with Crippen LogP contribution in [0.4, 0.5) is 0 Å². The van der Waals surface area contributed by atoms with Crippen molar-refractivity contribution in [3.8, 4) is 0 Å². The Morgan fingerprint density at radius 1 is 1.15 bits per heavy atom. The lowest BCUT2D eigenvalue weighted by molar-refractivity contribution is -0.684. The van der Waals surface area contributed by atoms with Gasteiger partial charge in [0.15, 0.2) is 12.4 Å². The highest BCUT2D eigenvalue weighted by atomic mass is 16.2. The molecule has 0 radical (unpaired) electrons. The van der Waals surface area contributed by atoms with Gasteiger partial charge in [-0.15, -0.1) is 0 Å². The summed E-state index contributed by atoms with van der Waals surface area (Å²) in [5.74, 6) is 0.0237. The van der Waals surface area contributed by atoms with Gasteiger partial charge in [-0.1, -0.05) is 37.3 Å². The third-order valence-electron chi connectivity index (χ3n) is 3.37. The van der Waals surface area contributed by atoms with Gasteiger partial charge in [-0.3, -0.25) is 4.79 Å². The van der Waals surface area contributed by atoms with E-state index >= 15 is 0 Å². The predicted molar refractivity (Wildman–Crippen MR) is 79.0 cm³/mol. The molecule has 1 amide bonds. The fourth-order valence-electron chi connectivity index (χ4n) is 2.11. The highest BCUT2D eigenvalue weighted by Gasteiger charge is 2.13. The monoisotopic (exact) mass is 269 g/mol. The molecule has 0 saturated heterocycles. The fourth-order valence-corrected chi connectivity index (χ4v) is 2.11. The number of carbonyl (C=O) groups excluding carboxylic acids is 1. The van der Waals surface area contributed by atoms with E-state index in [9.17, 15) is 4.79 Å². The molecule has 0 aliphatic carbocycles. The Morgan fingerprint density at radius 3 is 2.40 bits per heavy atom. The van der Waals surface area contributed by atoms with Crippen LogP contribution in [0, 0.1) is 0 Å². The summed E-state index contributed by atoms with van der Waals surface area (Å²) in [6.07, 6.45) is 4.91. The van der Waals surface area contributed by atoms with E-state index < -0.39 is 0 Å². The highest BCUT2D eigenvalue weighted by Crippen LogP contribution is 2.10. The second kappa shape index (κ2) is 6.85. The van der Waals surface area contributed by atoms with Gasteiger partial charge in [0.2, 0.25) is 6.54 Å². The minimum atomic E-state index is 0.0237. The van der Waals surface area contributed by atoms with Crippen LogP contribution >= 0.6 is 0 Å². The van der Waals surface area contributed by atoms with Crippen molar-refractivity contribution in [2.75, 3.05) is 0 Å². The normalized spacial score (nSPS) is 11.9. The summed E-state index contributed by atoms with van der Waals surface area (Å²) in [5.41, 5.74) is 2.39. The molecule has 0 aliphatic rings. The molecular weight excluding hydrogens is 248 g/mol. The van der Waals surface area contributed by atoms with Crippen LogP contribution in [0.25, 0.3) is 0 Å². The van der Waals surface area contributed by atoms with E-state index in [0.717, 1.165) is 12.0 Å². The number of hydrogen-bond donors (Lipinski definition) is 1. The van der Waals surface area contributed by atoms with Gasteiger partial charge in [-0.25, -0.2) is 0 Å². The first-order valence-electron chi connectivity index (χ1n) is 7.01. The van der Waals surface area contributed by atoms with Gasteiger partial charge < -0.3 is 5.32 Å². The quantitative estimate of drug-likeness (QED) is 0.831. The van der Waals surface area contributed by atoms with Crippen molar-refractivity contribution < 1.29 is 9.36 Å². The smallest absolute Gasteiger partial charge is 0.286 e. The number of pyridine rings is 1. The molecule has 1 aromatic heterocycles. The number of benzene rings is 1. The van der Waals surface area contributed by atoms with Crippen molar-refractivity contribution in [2.24, 2.45) is 0 Å². The molecule has 0 fully saturated rings. The van der Waals surface area contributed by atoms with Gasteiger partial charge in [0.25, 0.3) is 5.91 Å². The first-order valence-corrected chi connectivity index (χ1v) is 7.01. The van der Waals surface area contributed by atoms with Crippen molar-refractivity contribution in [1.82, 2.24) is 5.32 Å². The van der Waals surface area contributed by atoms with Gasteiger partial charge >= 0.3 is 0 Å². The first kappa shape index (κ1) is 14.3. The van der Waals surface area contributed by atoms with Gasteiger partial charge in [0.1, 0.15) is 0 Å². The van der Waals surface area contributed by atoms with E-state index in [-0.39, 0.29) is 11.9 Å². The van der Waals surface area contributed by atoms with Crippen LogP contribution in [0.2, 0.25) is 0 Å². The van der Waals surface area contributed by atoms with E-state index in [4.69, 9.17) is 0 Å². The maximum absolute atomic E-state index is 12.0. The van der Waals surface area contributed by atoms with Gasteiger partial charge in [-0.05, 0) is 24.5 Å². The molecule has 1 heterocycles. The summed E-state index contributed by atoms with van der Waals surface area (Å²) in [5, 5.41) is 3.01. The van der Waals surface area contributed by atoms with Crippen LogP contribution in [0.15, 0.2) is 54.9 Å². The van der Waals surface area contributed by atoms with Crippen LogP contribution in [-0.2, 0) is 17.8 Å². The summed E-state index contributed by atoms with van der Waals surface area (Å²) in [4.78, 5) is 12.0. The molecule has 0 bridgehead atoms. The van der Waals surface area contributed by atoms with Gasteiger partial charge in [0, 0.05) is 12.1 Å². The molecule has 3 nitrogen and oxygen atoms in total. The Bertz CT molecular complexity index is 549. The van der Waals surface area contributed by atoms with E-state index in [1.54, 1.807) is 0 Å². The van der Waals surface area contributed by atoms with Gasteiger partial charge in [0.05, 0.1) is 6.04 Å². The SMILES string of the molecule is CCc1cc[n+](CC(=O)N[C@@H](C)c2ccccc2)cc1. The van der Waals surface area contributed by atoms with E-state index in [1.165, 1.54) is 5.56 Å². The number of nitrogens with zero attached hydrogens (tertiary/aromatic N) is 1. The minimum Gasteiger partial charge on any atom is -0.344 e. The topological polar surface area (TPSA) is 33.0 Å². The molecular formula is C17H21N2O+. The van der Waals surface area contributed by atoms with Crippen molar-refractivity contribution in [3.05, 3.63) is 66.0 Å². The maximum Gasteiger partial charge on any atom is 0.286 e. The van der Waals surface area contributed by atoms with Gasteiger partial charge in [-0.2, -0.15) is 4.57 Å². The maximum atomic E-state index is 12.0. The molecule has 1 N–H and O–H groups in total. The Morgan fingerprint density at radius 2 is 1.80 bits per heavy atom. The highest BCUT2D eigenvalue weighted by molar-refractivity contribution is 5.74. The molecule has 2 rings (SSSR count). The third-order valence-corrected chi connectivity index (χ3v) is 3.37. The van der Waals surface area contributed by atoms with E-state index in [2.05, 4.69) is 12.2 Å².